The number of rotatable bonds is 9. The highest BCUT2D eigenvalue weighted by Gasteiger charge is 2.21. The lowest BCUT2D eigenvalue weighted by Gasteiger charge is -2.15. The minimum Gasteiger partial charge on any atom is -0.350 e. The van der Waals surface area contributed by atoms with Crippen LogP contribution in [0.2, 0.25) is 0 Å². The normalized spacial score (nSPS) is 11.8. The van der Waals surface area contributed by atoms with Gasteiger partial charge in [-0.05, 0) is 25.0 Å². The van der Waals surface area contributed by atoms with Crippen molar-refractivity contribution in [3.63, 3.8) is 0 Å². The van der Waals surface area contributed by atoms with Crippen LogP contribution >= 0.6 is 0 Å². The third-order valence-corrected chi connectivity index (χ3v) is 5.11. The Hall–Kier alpha value is -3.48. The maximum absolute atomic E-state index is 13.0. The zero-order valence-corrected chi connectivity index (χ0v) is 17.9. The lowest BCUT2D eigenvalue weighted by molar-refractivity contribution is -0.122. The van der Waals surface area contributed by atoms with E-state index in [1.54, 1.807) is 31.2 Å². The molecule has 0 aliphatic heterocycles. The number of nitrogens with one attached hydrogen (secondary N) is 2. The fourth-order valence-electron chi connectivity index (χ4n) is 3.33. The van der Waals surface area contributed by atoms with Crippen molar-refractivity contribution in [3.05, 3.63) is 76.2 Å². The molecule has 7 heteroatoms. The molecule has 0 radical (unpaired) electrons. The number of aryl methyl sites for hydroxylation is 1. The number of hydrogen-bond donors (Lipinski definition) is 2. The van der Waals surface area contributed by atoms with Gasteiger partial charge in [-0.1, -0.05) is 68.3 Å². The lowest BCUT2D eigenvalue weighted by Crippen LogP contribution is -2.45. The number of amides is 2. The van der Waals surface area contributed by atoms with Crippen LogP contribution in [0.15, 0.2) is 59.4 Å². The molecule has 1 aromatic heterocycles. The summed E-state index contributed by atoms with van der Waals surface area (Å²) in [6.45, 7) is 4.53. The predicted molar refractivity (Wildman–Crippen MR) is 121 cm³/mol. The van der Waals surface area contributed by atoms with Crippen LogP contribution in [0.1, 0.15) is 49.2 Å². The zero-order chi connectivity index (χ0) is 22.2. The summed E-state index contributed by atoms with van der Waals surface area (Å²) in [6, 6.07) is 15.7. The van der Waals surface area contributed by atoms with Gasteiger partial charge in [-0.2, -0.15) is 5.10 Å². The Balaban J connectivity index is 1.76. The average molecular weight is 421 g/mol. The molecular formula is C24H28N4O3. The van der Waals surface area contributed by atoms with E-state index >= 15 is 0 Å². The Labute approximate surface area is 181 Å². The summed E-state index contributed by atoms with van der Waals surface area (Å²) in [5.41, 5.74) is 0.910. The topological polar surface area (TPSA) is 93.1 Å². The molecule has 3 rings (SSSR count). The minimum atomic E-state index is -0.753. The summed E-state index contributed by atoms with van der Waals surface area (Å²) in [4.78, 5) is 38.2. The number of fused-ring (bicyclic) bond motifs is 1. The largest absolute Gasteiger partial charge is 0.350 e. The van der Waals surface area contributed by atoms with Crippen molar-refractivity contribution in [3.8, 4) is 0 Å². The van der Waals surface area contributed by atoms with Crippen molar-refractivity contribution in [1.82, 2.24) is 20.4 Å². The molecule has 162 valence electrons. The lowest BCUT2D eigenvalue weighted by atomic mass is 10.1. The van der Waals surface area contributed by atoms with E-state index in [9.17, 15) is 14.4 Å². The summed E-state index contributed by atoms with van der Waals surface area (Å²) in [5, 5.41) is 10.8. The van der Waals surface area contributed by atoms with Crippen LogP contribution in [0.25, 0.3) is 10.8 Å². The van der Waals surface area contributed by atoms with Crippen molar-refractivity contribution >= 4 is 22.6 Å². The molecule has 31 heavy (non-hydrogen) atoms. The first kappa shape index (κ1) is 22.2. The molecule has 1 atom stereocenters. The molecule has 0 aliphatic rings. The van der Waals surface area contributed by atoms with Crippen molar-refractivity contribution in [2.75, 3.05) is 0 Å². The van der Waals surface area contributed by atoms with E-state index in [2.05, 4.69) is 22.7 Å². The number of nitrogens with zero attached hydrogens (tertiary/aromatic N) is 2. The number of hydrogen-bond acceptors (Lipinski definition) is 4. The molecule has 0 saturated carbocycles. The summed E-state index contributed by atoms with van der Waals surface area (Å²) in [7, 11) is 0. The number of carbonyl (C=O) groups excluding carboxylic acids is 2. The van der Waals surface area contributed by atoms with E-state index in [-0.39, 0.29) is 17.2 Å². The molecule has 0 saturated heterocycles. The molecule has 2 N–H and O–H groups in total. The molecule has 7 nitrogen and oxygen atoms in total. The van der Waals surface area contributed by atoms with Gasteiger partial charge in [-0.3, -0.25) is 14.4 Å². The van der Waals surface area contributed by atoms with Gasteiger partial charge in [0, 0.05) is 18.5 Å². The predicted octanol–water partition coefficient (Wildman–Crippen LogP) is 3.02. The summed E-state index contributed by atoms with van der Waals surface area (Å²) < 4.78 is 1.35. The molecule has 3 aromatic rings. The standard InChI is InChI=1S/C24H28N4O3/c1-3-4-10-15-28-24(31)20-14-9-8-13-19(20)21(27-28)23(30)26-17(2)22(29)25-16-18-11-6-5-7-12-18/h5-9,11-14,17H,3-4,10,15-16H2,1-2H3,(H,25,29)(H,26,30). The van der Waals surface area contributed by atoms with Gasteiger partial charge in [0.2, 0.25) is 5.91 Å². The first-order valence-corrected chi connectivity index (χ1v) is 10.6. The highest BCUT2D eigenvalue weighted by atomic mass is 16.2. The molecule has 0 bridgehead atoms. The highest BCUT2D eigenvalue weighted by molar-refractivity contribution is 6.06. The number of unbranched alkanes of at least 4 members (excludes halogenated alkanes) is 2. The molecule has 0 fully saturated rings. The number of aromatic nitrogens is 2. The van der Waals surface area contributed by atoms with Crippen LogP contribution in [-0.4, -0.2) is 27.6 Å². The van der Waals surface area contributed by atoms with Gasteiger partial charge in [0.1, 0.15) is 6.04 Å². The fourth-order valence-corrected chi connectivity index (χ4v) is 3.33. The van der Waals surface area contributed by atoms with Crippen molar-refractivity contribution in [2.45, 2.75) is 52.2 Å². The Morgan fingerprint density at radius 3 is 2.39 bits per heavy atom. The minimum absolute atomic E-state index is 0.148. The van der Waals surface area contributed by atoms with Gasteiger partial charge in [-0.15, -0.1) is 0 Å². The molecule has 0 aliphatic carbocycles. The van der Waals surface area contributed by atoms with Gasteiger partial charge in [-0.25, -0.2) is 4.68 Å². The quantitative estimate of drug-likeness (QED) is 0.521. The summed E-state index contributed by atoms with van der Waals surface area (Å²) in [5.74, 6) is -0.777. The van der Waals surface area contributed by atoms with E-state index in [1.807, 2.05) is 30.3 Å². The molecule has 2 amide bonds. The van der Waals surface area contributed by atoms with E-state index in [1.165, 1.54) is 4.68 Å². The third kappa shape index (κ3) is 5.57. The maximum atomic E-state index is 13.0. The Bertz CT molecular complexity index is 1110. The second kappa shape index (κ2) is 10.5. The van der Waals surface area contributed by atoms with E-state index in [0.717, 1.165) is 24.8 Å². The second-order valence-corrected chi connectivity index (χ2v) is 7.53. The van der Waals surface area contributed by atoms with Crippen LogP contribution in [0.5, 0.6) is 0 Å². The molecule has 2 aromatic carbocycles. The fraction of sp³-hybridized carbons (Fsp3) is 0.333. The number of benzene rings is 2. The molecule has 1 unspecified atom stereocenters. The third-order valence-electron chi connectivity index (χ3n) is 5.11. The van der Waals surface area contributed by atoms with Gasteiger partial charge < -0.3 is 10.6 Å². The van der Waals surface area contributed by atoms with Crippen LogP contribution in [0, 0.1) is 0 Å². The zero-order valence-electron chi connectivity index (χ0n) is 17.9. The van der Waals surface area contributed by atoms with Gasteiger partial charge >= 0.3 is 0 Å². The van der Waals surface area contributed by atoms with Crippen molar-refractivity contribution < 1.29 is 9.59 Å². The SMILES string of the molecule is CCCCCn1nc(C(=O)NC(C)C(=O)NCc2ccccc2)c2ccccc2c1=O. The smallest absolute Gasteiger partial charge is 0.274 e. The summed E-state index contributed by atoms with van der Waals surface area (Å²) >= 11 is 0. The molecule has 0 spiro atoms. The molecular weight excluding hydrogens is 392 g/mol. The first-order chi connectivity index (χ1) is 15.0. The van der Waals surface area contributed by atoms with Crippen LogP contribution in [0.3, 0.4) is 0 Å². The summed E-state index contributed by atoms with van der Waals surface area (Å²) in [6.07, 6.45) is 2.80. The van der Waals surface area contributed by atoms with Gasteiger partial charge in [0.15, 0.2) is 5.69 Å². The highest BCUT2D eigenvalue weighted by Crippen LogP contribution is 2.14. The monoisotopic (exact) mass is 420 g/mol. The Morgan fingerprint density at radius 1 is 1.00 bits per heavy atom. The van der Waals surface area contributed by atoms with E-state index in [4.69, 9.17) is 0 Å². The second-order valence-electron chi connectivity index (χ2n) is 7.53. The van der Waals surface area contributed by atoms with Gasteiger partial charge in [0.25, 0.3) is 11.5 Å². The average Bonchev–Trinajstić information content (AvgIpc) is 2.79. The van der Waals surface area contributed by atoms with Gasteiger partial charge in [0.05, 0.1) is 5.39 Å². The van der Waals surface area contributed by atoms with Crippen molar-refractivity contribution in [1.29, 1.82) is 0 Å². The Morgan fingerprint density at radius 2 is 1.68 bits per heavy atom. The van der Waals surface area contributed by atoms with Crippen LogP contribution in [0.4, 0.5) is 0 Å². The molecule has 1 heterocycles. The van der Waals surface area contributed by atoms with Crippen molar-refractivity contribution in [2.24, 2.45) is 0 Å². The maximum Gasteiger partial charge on any atom is 0.274 e. The van der Waals surface area contributed by atoms with E-state index < -0.39 is 11.9 Å². The van der Waals surface area contributed by atoms with Crippen LogP contribution in [-0.2, 0) is 17.9 Å². The Kier molecular flexibility index (Phi) is 7.54. The number of carbonyl (C=O) groups is 2. The first-order valence-electron chi connectivity index (χ1n) is 10.6. The van der Waals surface area contributed by atoms with Crippen LogP contribution < -0.4 is 16.2 Å². The van der Waals surface area contributed by atoms with E-state index in [0.29, 0.717) is 23.9 Å².